The number of hydrogen-bond donors (Lipinski definition) is 0. The van der Waals surface area contributed by atoms with Crippen molar-refractivity contribution < 1.29 is 4.42 Å². The van der Waals surface area contributed by atoms with Crippen LogP contribution in [0.25, 0.3) is 44.2 Å². The number of furan rings is 1. The van der Waals surface area contributed by atoms with E-state index in [0.29, 0.717) is 0 Å². The second-order valence-electron chi connectivity index (χ2n) is 9.84. The second-order valence-corrected chi connectivity index (χ2v) is 9.84. The van der Waals surface area contributed by atoms with Crippen LogP contribution in [0.2, 0.25) is 0 Å². The van der Waals surface area contributed by atoms with Crippen molar-refractivity contribution in [3.8, 4) is 22.3 Å². The number of fused-ring (bicyclic) bond motifs is 3. The number of nitrogens with zero attached hydrogens (tertiary/aromatic N) is 1. The summed E-state index contributed by atoms with van der Waals surface area (Å²) in [5.41, 5.74) is 10.2. The molecule has 0 aliphatic heterocycles. The topological polar surface area (TPSA) is 16.4 Å². The van der Waals surface area contributed by atoms with Gasteiger partial charge in [0.25, 0.3) is 0 Å². The van der Waals surface area contributed by atoms with Gasteiger partial charge in [-0.15, -0.1) is 0 Å². The van der Waals surface area contributed by atoms with Crippen molar-refractivity contribution in [2.24, 2.45) is 0 Å². The quantitative estimate of drug-likeness (QED) is 0.225. The first-order valence-corrected chi connectivity index (χ1v) is 13.3. The lowest BCUT2D eigenvalue weighted by Gasteiger charge is -2.26. The third-order valence-corrected chi connectivity index (χ3v) is 7.36. The van der Waals surface area contributed by atoms with E-state index in [9.17, 15) is 0 Å². The van der Waals surface area contributed by atoms with Gasteiger partial charge in [-0.1, -0.05) is 115 Å². The Morgan fingerprint density at radius 2 is 0.923 bits per heavy atom. The molecule has 6 aromatic carbocycles. The van der Waals surface area contributed by atoms with Crippen LogP contribution in [0.4, 0.5) is 11.4 Å². The molecule has 0 radical (unpaired) electrons. The molecule has 0 unspecified atom stereocenters. The van der Waals surface area contributed by atoms with Gasteiger partial charge in [-0.25, -0.2) is 0 Å². The molecule has 39 heavy (non-hydrogen) atoms. The largest absolute Gasteiger partial charge is 0.456 e. The van der Waals surface area contributed by atoms with Crippen LogP contribution < -0.4 is 4.90 Å². The first-order valence-electron chi connectivity index (χ1n) is 13.3. The molecule has 0 saturated heterocycles. The molecule has 7 aromatic rings. The zero-order valence-electron chi connectivity index (χ0n) is 21.5. The maximum absolute atomic E-state index is 6.24. The predicted molar refractivity (Wildman–Crippen MR) is 163 cm³/mol. The van der Waals surface area contributed by atoms with Gasteiger partial charge in [0.2, 0.25) is 0 Å². The fourth-order valence-corrected chi connectivity index (χ4v) is 5.29. The van der Waals surface area contributed by atoms with Crippen molar-refractivity contribution in [2.45, 2.75) is 6.54 Å². The molecule has 0 atom stereocenters. The van der Waals surface area contributed by atoms with E-state index in [0.717, 1.165) is 39.9 Å². The number of para-hydroxylation sites is 1. The fourth-order valence-electron chi connectivity index (χ4n) is 5.29. The summed E-state index contributed by atoms with van der Waals surface area (Å²) >= 11 is 0. The second kappa shape index (κ2) is 10.00. The maximum atomic E-state index is 6.24. The van der Waals surface area contributed by atoms with Crippen LogP contribution >= 0.6 is 0 Å². The van der Waals surface area contributed by atoms with Crippen LogP contribution in [0, 0.1) is 0 Å². The van der Waals surface area contributed by atoms with Gasteiger partial charge in [-0.2, -0.15) is 0 Å². The minimum atomic E-state index is 0.742. The van der Waals surface area contributed by atoms with E-state index >= 15 is 0 Å². The molecule has 0 bridgehead atoms. The van der Waals surface area contributed by atoms with Crippen molar-refractivity contribution in [1.82, 2.24) is 0 Å². The minimum Gasteiger partial charge on any atom is -0.456 e. The highest BCUT2D eigenvalue weighted by atomic mass is 16.3. The van der Waals surface area contributed by atoms with Crippen molar-refractivity contribution in [1.29, 1.82) is 0 Å². The molecule has 0 aliphatic rings. The van der Waals surface area contributed by atoms with Gasteiger partial charge in [0, 0.05) is 34.8 Å². The molecule has 0 aliphatic carbocycles. The third kappa shape index (κ3) is 4.58. The first-order chi connectivity index (χ1) is 19.3. The Hall–Kier alpha value is -5.08. The van der Waals surface area contributed by atoms with Crippen LogP contribution in [-0.2, 0) is 6.54 Å². The van der Waals surface area contributed by atoms with E-state index in [2.05, 4.69) is 144 Å². The highest BCUT2D eigenvalue weighted by molar-refractivity contribution is 6.05. The van der Waals surface area contributed by atoms with Crippen molar-refractivity contribution in [3.05, 3.63) is 157 Å². The molecular weight excluding hydrogens is 474 g/mol. The number of benzene rings is 6. The molecule has 1 aromatic heterocycles. The summed E-state index contributed by atoms with van der Waals surface area (Å²) in [6.07, 6.45) is 0. The Morgan fingerprint density at radius 3 is 1.59 bits per heavy atom. The SMILES string of the molecule is c1ccc(-c2ccc(CN(c3ccc(-c4ccccc4)cc3)c3ccc4c(c3)oc3ccccc34)cc2)cc1. The van der Waals surface area contributed by atoms with Crippen LogP contribution in [0.5, 0.6) is 0 Å². The van der Waals surface area contributed by atoms with Crippen LogP contribution in [0.15, 0.2) is 156 Å². The smallest absolute Gasteiger partial charge is 0.137 e. The average Bonchev–Trinajstić information content (AvgIpc) is 3.39. The molecule has 0 saturated carbocycles. The van der Waals surface area contributed by atoms with E-state index in [-0.39, 0.29) is 0 Å². The summed E-state index contributed by atoms with van der Waals surface area (Å²) in [6, 6.07) is 53.5. The molecular formula is C37H27NO. The van der Waals surface area contributed by atoms with Gasteiger partial charge in [-0.05, 0) is 58.1 Å². The maximum Gasteiger partial charge on any atom is 0.137 e. The Balaban J connectivity index is 1.27. The van der Waals surface area contributed by atoms with Gasteiger partial charge < -0.3 is 9.32 Å². The van der Waals surface area contributed by atoms with Gasteiger partial charge in [-0.3, -0.25) is 0 Å². The summed E-state index contributed by atoms with van der Waals surface area (Å²) in [7, 11) is 0. The van der Waals surface area contributed by atoms with E-state index in [1.165, 1.54) is 27.8 Å². The summed E-state index contributed by atoms with van der Waals surface area (Å²) in [4.78, 5) is 2.36. The van der Waals surface area contributed by atoms with Crippen LogP contribution in [0.1, 0.15) is 5.56 Å². The van der Waals surface area contributed by atoms with Crippen molar-refractivity contribution >= 4 is 33.3 Å². The normalized spacial score (nSPS) is 11.2. The summed E-state index contributed by atoms with van der Waals surface area (Å²) < 4.78 is 6.24. The molecule has 0 amide bonds. The molecule has 0 fully saturated rings. The molecule has 1 heterocycles. The van der Waals surface area contributed by atoms with E-state index in [1.54, 1.807) is 0 Å². The predicted octanol–water partition coefficient (Wildman–Crippen LogP) is 10.3. The monoisotopic (exact) mass is 501 g/mol. The summed E-state index contributed by atoms with van der Waals surface area (Å²) in [6.45, 7) is 0.742. The highest BCUT2D eigenvalue weighted by Gasteiger charge is 2.14. The van der Waals surface area contributed by atoms with Crippen LogP contribution in [-0.4, -0.2) is 0 Å². The lowest BCUT2D eigenvalue weighted by atomic mass is 10.0. The van der Waals surface area contributed by atoms with Gasteiger partial charge in [0.15, 0.2) is 0 Å². The Bertz CT molecular complexity index is 1850. The Kier molecular flexibility index (Phi) is 5.91. The molecule has 0 spiro atoms. The molecule has 2 heteroatoms. The zero-order valence-corrected chi connectivity index (χ0v) is 21.5. The number of rotatable bonds is 6. The first kappa shape index (κ1) is 23.1. The average molecular weight is 502 g/mol. The van der Waals surface area contributed by atoms with Crippen LogP contribution in [0.3, 0.4) is 0 Å². The molecule has 7 rings (SSSR count). The van der Waals surface area contributed by atoms with E-state index < -0.39 is 0 Å². The Labute approximate surface area is 228 Å². The molecule has 2 nitrogen and oxygen atoms in total. The molecule has 186 valence electrons. The van der Waals surface area contributed by atoms with Crippen molar-refractivity contribution in [2.75, 3.05) is 4.90 Å². The zero-order chi connectivity index (χ0) is 26.0. The van der Waals surface area contributed by atoms with E-state index in [1.807, 2.05) is 12.1 Å². The van der Waals surface area contributed by atoms with Gasteiger partial charge in [0.05, 0.1) is 0 Å². The lowest BCUT2D eigenvalue weighted by molar-refractivity contribution is 0.669. The standard InChI is InChI=1S/C37H27NO/c1-3-9-28(10-4-1)30-17-15-27(16-18-30)26-38(32-21-19-31(20-22-32)29-11-5-2-6-12-29)33-23-24-35-34-13-7-8-14-36(34)39-37(35)25-33/h1-25H,26H2. The van der Waals surface area contributed by atoms with Crippen molar-refractivity contribution in [3.63, 3.8) is 0 Å². The fraction of sp³-hybridized carbons (Fsp3) is 0.0270. The highest BCUT2D eigenvalue weighted by Crippen LogP contribution is 2.35. The third-order valence-electron chi connectivity index (χ3n) is 7.36. The minimum absolute atomic E-state index is 0.742. The molecule has 0 N–H and O–H groups in total. The van der Waals surface area contributed by atoms with Gasteiger partial charge in [0.1, 0.15) is 11.2 Å². The Morgan fingerprint density at radius 1 is 0.410 bits per heavy atom. The van der Waals surface area contributed by atoms with E-state index in [4.69, 9.17) is 4.42 Å². The summed E-state index contributed by atoms with van der Waals surface area (Å²) in [5.74, 6) is 0. The summed E-state index contributed by atoms with van der Waals surface area (Å²) in [5, 5.41) is 2.29. The number of anilines is 2. The number of hydrogen-bond acceptors (Lipinski definition) is 2. The lowest BCUT2D eigenvalue weighted by Crippen LogP contribution is -2.16. The van der Waals surface area contributed by atoms with Gasteiger partial charge >= 0.3 is 0 Å².